The summed E-state index contributed by atoms with van der Waals surface area (Å²) in [5.41, 5.74) is -0.622. The Labute approximate surface area is 121 Å². The van der Waals surface area contributed by atoms with Crippen LogP contribution in [0.3, 0.4) is 0 Å². The Hall–Kier alpha value is -0.940. The van der Waals surface area contributed by atoms with Gasteiger partial charge in [0.25, 0.3) is 0 Å². The van der Waals surface area contributed by atoms with Crippen molar-refractivity contribution in [2.45, 2.75) is 44.4 Å². The van der Waals surface area contributed by atoms with Gasteiger partial charge in [0.15, 0.2) is 0 Å². The Morgan fingerprint density at radius 3 is 2.80 bits per heavy atom. The second-order valence-electron chi connectivity index (χ2n) is 5.26. The molecule has 0 bridgehead atoms. The van der Waals surface area contributed by atoms with E-state index in [1.165, 1.54) is 12.1 Å². The first kappa shape index (κ1) is 15.4. The lowest BCUT2D eigenvalue weighted by Crippen LogP contribution is -2.29. The normalized spacial score (nSPS) is 20.9. The average molecular weight is 307 g/mol. The van der Waals surface area contributed by atoms with Gasteiger partial charge in [-0.25, -0.2) is 0 Å². The molecule has 2 rings (SSSR count). The van der Waals surface area contributed by atoms with Crippen LogP contribution in [0.5, 0.6) is 0 Å². The van der Waals surface area contributed by atoms with E-state index in [9.17, 15) is 13.2 Å². The number of nitrogens with one attached hydrogen (secondary N) is 2. The smallest absolute Gasteiger partial charge is 0.382 e. The highest BCUT2D eigenvalue weighted by Gasteiger charge is 2.34. The van der Waals surface area contributed by atoms with Crippen LogP contribution >= 0.6 is 11.6 Å². The van der Waals surface area contributed by atoms with Crippen LogP contribution in [-0.4, -0.2) is 18.6 Å². The van der Waals surface area contributed by atoms with E-state index >= 15 is 0 Å². The fourth-order valence-corrected chi connectivity index (χ4v) is 2.76. The van der Waals surface area contributed by atoms with Crippen LogP contribution in [0.2, 0.25) is 5.02 Å². The minimum absolute atomic E-state index is 0.0344. The molecule has 0 amide bonds. The zero-order valence-corrected chi connectivity index (χ0v) is 12.0. The maximum Gasteiger partial charge on any atom is 0.418 e. The van der Waals surface area contributed by atoms with Gasteiger partial charge in [-0.3, -0.25) is 0 Å². The topological polar surface area (TPSA) is 24.1 Å². The molecule has 1 aliphatic heterocycles. The first-order chi connectivity index (χ1) is 9.36. The van der Waals surface area contributed by atoms with Crippen LogP contribution in [0.4, 0.5) is 18.9 Å². The molecule has 1 saturated heterocycles. The molecule has 0 spiro atoms. The van der Waals surface area contributed by atoms with Gasteiger partial charge in [0.05, 0.1) is 5.56 Å². The fourth-order valence-electron chi connectivity index (χ4n) is 2.59. The lowest BCUT2D eigenvalue weighted by atomic mass is 10.1. The van der Waals surface area contributed by atoms with Crippen molar-refractivity contribution in [1.29, 1.82) is 0 Å². The number of rotatable bonds is 4. The summed E-state index contributed by atoms with van der Waals surface area (Å²) in [5, 5.41) is 6.39. The molecule has 20 heavy (non-hydrogen) atoms. The van der Waals surface area contributed by atoms with Crippen molar-refractivity contribution in [2.24, 2.45) is 0 Å². The van der Waals surface area contributed by atoms with Gasteiger partial charge in [0.2, 0.25) is 0 Å². The van der Waals surface area contributed by atoms with Gasteiger partial charge in [0, 0.05) is 22.8 Å². The Balaban J connectivity index is 2.08. The highest BCUT2D eigenvalue weighted by molar-refractivity contribution is 6.30. The van der Waals surface area contributed by atoms with Crippen molar-refractivity contribution in [1.82, 2.24) is 5.32 Å². The van der Waals surface area contributed by atoms with Crippen molar-refractivity contribution < 1.29 is 13.2 Å². The van der Waals surface area contributed by atoms with Gasteiger partial charge in [-0.1, -0.05) is 11.6 Å². The quantitative estimate of drug-likeness (QED) is 0.866. The van der Waals surface area contributed by atoms with Crippen LogP contribution in [0.15, 0.2) is 18.2 Å². The molecule has 1 heterocycles. The number of alkyl halides is 3. The van der Waals surface area contributed by atoms with Crippen molar-refractivity contribution >= 4 is 17.3 Å². The standard InChI is InChI=1S/C14H18ClF3N2/c1-9(7-11-3-2-6-19-11)20-13-5-4-10(15)8-12(13)14(16,17)18/h4-5,8-9,11,19-20H,2-3,6-7H2,1H3. The van der Waals surface area contributed by atoms with Gasteiger partial charge in [-0.15, -0.1) is 0 Å². The molecule has 0 saturated carbocycles. The van der Waals surface area contributed by atoms with Crippen molar-refractivity contribution in [3.8, 4) is 0 Å². The summed E-state index contributed by atoms with van der Waals surface area (Å²) >= 11 is 5.66. The Morgan fingerprint density at radius 2 is 2.20 bits per heavy atom. The third-order valence-corrected chi connectivity index (χ3v) is 3.72. The first-order valence-corrected chi connectivity index (χ1v) is 7.10. The highest BCUT2D eigenvalue weighted by Crippen LogP contribution is 2.36. The summed E-state index contributed by atoms with van der Waals surface area (Å²) in [6.45, 7) is 2.89. The van der Waals surface area contributed by atoms with Crippen LogP contribution < -0.4 is 10.6 Å². The van der Waals surface area contributed by atoms with Crippen molar-refractivity contribution in [3.63, 3.8) is 0 Å². The Kier molecular flexibility index (Phi) is 4.81. The van der Waals surface area contributed by atoms with E-state index in [1.807, 2.05) is 6.92 Å². The molecular weight excluding hydrogens is 289 g/mol. The van der Waals surface area contributed by atoms with Crippen LogP contribution in [0, 0.1) is 0 Å². The minimum Gasteiger partial charge on any atom is -0.382 e. The molecular formula is C14H18ClF3N2. The molecule has 1 fully saturated rings. The van der Waals surface area contributed by atoms with Crippen molar-refractivity contribution in [3.05, 3.63) is 28.8 Å². The third-order valence-electron chi connectivity index (χ3n) is 3.49. The van der Waals surface area contributed by atoms with Crippen molar-refractivity contribution in [2.75, 3.05) is 11.9 Å². The summed E-state index contributed by atoms with van der Waals surface area (Å²) in [6.07, 6.45) is -1.39. The monoisotopic (exact) mass is 306 g/mol. The Bertz CT molecular complexity index is 456. The van der Waals surface area contributed by atoms with Gasteiger partial charge in [-0.05, 0) is 50.9 Å². The number of hydrogen-bond acceptors (Lipinski definition) is 2. The molecule has 1 aromatic carbocycles. The van der Waals surface area contributed by atoms with Gasteiger partial charge < -0.3 is 10.6 Å². The maximum atomic E-state index is 13.0. The largest absolute Gasteiger partial charge is 0.418 e. The van der Waals surface area contributed by atoms with E-state index < -0.39 is 11.7 Å². The molecule has 2 unspecified atom stereocenters. The summed E-state index contributed by atoms with van der Waals surface area (Å²) in [6, 6.07) is 4.18. The predicted octanol–water partition coefficient (Wildman–Crippen LogP) is 4.30. The molecule has 2 N–H and O–H groups in total. The van der Waals surface area contributed by atoms with E-state index in [0.717, 1.165) is 31.9 Å². The van der Waals surface area contributed by atoms with Gasteiger partial charge >= 0.3 is 6.18 Å². The van der Waals surface area contributed by atoms with E-state index in [1.54, 1.807) is 0 Å². The van der Waals surface area contributed by atoms with Gasteiger partial charge in [0.1, 0.15) is 0 Å². The molecule has 0 aromatic heterocycles. The Morgan fingerprint density at radius 1 is 1.45 bits per heavy atom. The number of hydrogen-bond donors (Lipinski definition) is 2. The molecule has 6 heteroatoms. The molecule has 2 atom stereocenters. The number of anilines is 1. The first-order valence-electron chi connectivity index (χ1n) is 6.73. The number of benzene rings is 1. The molecule has 0 aliphatic carbocycles. The van der Waals surface area contributed by atoms with E-state index in [0.29, 0.717) is 6.04 Å². The SMILES string of the molecule is CC(CC1CCCN1)Nc1ccc(Cl)cc1C(F)(F)F. The van der Waals surface area contributed by atoms with E-state index in [-0.39, 0.29) is 16.8 Å². The molecule has 1 aliphatic rings. The summed E-state index contributed by atoms with van der Waals surface area (Å²) in [5.74, 6) is 0. The molecule has 1 aromatic rings. The molecule has 112 valence electrons. The zero-order chi connectivity index (χ0) is 14.8. The highest BCUT2D eigenvalue weighted by atomic mass is 35.5. The fraction of sp³-hybridized carbons (Fsp3) is 0.571. The summed E-state index contributed by atoms with van der Waals surface area (Å²) < 4.78 is 38.9. The second kappa shape index (κ2) is 6.22. The minimum atomic E-state index is -4.40. The van der Waals surface area contributed by atoms with Crippen LogP contribution in [-0.2, 0) is 6.18 Å². The zero-order valence-electron chi connectivity index (χ0n) is 11.2. The van der Waals surface area contributed by atoms with E-state index in [2.05, 4.69) is 10.6 Å². The lowest BCUT2D eigenvalue weighted by Gasteiger charge is -2.22. The average Bonchev–Trinajstić information content (AvgIpc) is 2.82. The maximum absolute atomic E-state index is 13.0. The van der Waals surface area contributed by atoms with E-state index in [4.69, 9.17) is 11.6 Å². The molecule has 0 radical (unpaired) electrons. The third kappa shape index (κ3) is 4.03. The predicted molar refractivity (Wildman–Crippen MR) is 75.2 cm³/mol. The second-order valence-corrected chi connectivity index (χ2v) is 5.70. The van der Waals surface area contributed by atoms with Crippen LogP contribution in [0.25, 0.3) is 0 Å². The number of halogens is 4. The summed E-state index contributed by atoms with van der Waals surface area (Å²) in [4.78, 5) is 0. The summed E-state index contributed by atoms with van der Waals surface area (Å²) in [7, 11) is 0. The van der Waals surface area contributed by atoms with Gasteiger partial charge in [-0.2, -0.15) is 13.2 Å². The van der Waals surface area contributed by atoms with Crippen LogP contribution in [0.1, 0.15) is 31.7 Å². The lowest BCUT2D eigenvalue weighted by molar-refractivity contribution is -0.137. The molecule has 2 nitrogen and oxygen atoms in total.